The molecule has 1 saturated heterocycles. The Morgan fingerprint density at radius 1 is 1.35 bits per heavy atom. The van der Waals surface area contributed by atoms with Crippen LogP contribution in [0.2, 0.25) is 0 Å². The summed E-state index contributed by atoms with van der Waals surface area (Å²) in [6.07, 6.45) is 2.24. The standard InChI is InChI=1S/C16H23N5O2/c1-3-15(22)20-10-8-19(9-11-20)14-4-6-21(7-5-18-2)16(23)13(14)12-17/h4,6,18H,3,5,7-11H2,1-2H3. The van der Waals surface area contributed by atoms with Crippen LogP contribution in [0.4, 0.5) is 5.69 Å². The molecule has 1 N–H and O–H groups in total. The van der Waals surface area contributed by atoms with E-state index in [1.165, 1.54) is 0 Å². The van der Waals surface area contributed by atoms with Crippen molar-refractivity contribution in [2.75, 3.05) is 44.7 Å². The number of hydrogen-bond acceptors (Lipinski definition) is 5. The molecule has 124 valence electrons. The van der Waals surface area contributed by atoms with Gasteiger partial charge in [0.2, 0.25) is 5.91 Å². The zero-order valence-corrected chi connectivity index (χ0v) is 13.7. The molecule has 0 bridgehead atoms. The zero-order chi connectivity index (χ0) is 16.8. The second-order valence-electron chi connectivity index (χ2n) is 5.51. The Morgan fingerprint density at radius 3 is 2.61 bits per heavy atom. The first-order chi connectivity index (χ1) is 11.1. The third kappa shape index (κ3) is 3.71. The van der Waals surface area contributed by atoms with Crippen molar-refractivity contribution < 1.29 is 4.79 Å². The Bertz CT molecular complexity index is 653. The maximum absolute atomic E-state index is 12.4. The molecule has 0 aromatic carbocycles. The van der Waals surface area contributed by atoms with Gasteiger partial charge in [-0.1, -0.05) is 6.92 Å². The lowest BCUT2D eigenvalue weighted by atomic mass is 10.2. The van der Waals surface area contributed by atoms with Gasteiger partial charge in [-0.05, 0) is 13.1 Å². The number of piperazine rings is 1. The predicted octanol–water partition coefficient (Wildman–Crippen LogP) is -0.00202. The highest BCUT2D eigenvalue weighted by molar-refractivity contribution is 5.76. The summed E-state index contributed by atoms with van der Waals surface area (Å²) >= 11 is 0. The Morgan fingerprint density at radius 2 is 2.04 bits per heavy atom. The summed E-state index contributed by atoms with van der Waals surface area (Å²) in [5.74, 6) is 0.146. The summed E-state index contributed by atoms with van der Waals surface area (Å²) in [5, 5.41) is 12.4. The van der Waals surface area contributed by atoms with Crippen molar-refractivity contribution >= 4 is 11.6 Å². The summed E-state index contributed by atoms with van der Waals surface area (Å²) in [4.78, 5) is 28.0. The molecule has 0 atom stereocenters. The van der Waals surface area contributed by atoms with Crippen LogP contribution in [0.15, 0.2) is 17.1 Å². The van der Waals surface area contributed by atoms with Crippen molar-refractivity contribution in [3.8, 4) is 6.07 Å². The molecule has 0 unspecified atom stereocenters. The molecule has 1 aliphatic heterocycles. The van der Waals surface area contributed by atoms with E-state index in [-0.39, 0.29) is 17.0 Å². The first kappa shape index (κ1) is 17.0. The SMILES string of the molecule is CCC(=O)N1CCN(c2ccn(CCNC)c(=O)c2C#N)CC1. The average molecular weight is 317 g/mol. The summed E-state index contributed by atoms with van der Waals surface area (Å²) in [7, 11) is 1.82. The monoisotopic (exact) mass is 317 g/mol. The van der Waals surface area contributed by atoms with Crippen molar-refractivity contribution in [3.05, 3.63) is 28.2 Å². The highest BCUT2D eigenvalue weighted by atomic mass is 16.2. The van der Waals surface area contributed by atoms with Gasteiger partial charge in [-0.3, -0.25) is 9.59 Å². The second kappa shape index (κ2) is 7.79. The number of likely N-dealkylation sites (N-methyl/N-ethyl adjacent to an activating group) is 1. The van der Waals surface area contributed by atoms with Crippen molar-refractivity contribution in [2.45, 2.75) is 19.9 Å². The van der Waals surface area contributed by atoms with Gasteiger partial charge in [0.05, 0.1) is 5.69 Å². The normalized spacial score (nSPS) is 14.7. The van der Waals surface area contributed by atoms with Crippen LogP contribution >= 0.6 is 0 Å². The molecule has 0 spiro atoms. The van der Waals surface area contributed by atoms with E-state index in [1.807, 2.05) is 35.9 Å². The third-order valence-electron chi connectivity index (χ3n) is 4.13. The van der Waals surface area contributed by atoms with E-state index < -0.39 is 0 Å². The maximum Gasteiger partial charge on any atom is 0.270 e. The molecular formula is C16H23N5O2. The summed E-state index contributed by atoms with van der Waals surface area (Å²) in [6.45, 7) is 5.58. The first-order valence-corrected chi connectivity index (χ1v) is 7.93. The number of aromatic nitrogens is 1. The summed E-state index contributed by atoms with van der Waals surface area (Å²) < 4.78 is 1.55. The molecule has 2 rings (SSSR count). The molecule has 23 heavy (non-hydrogen) atoms. The van der Waals surface area contributed by atoms with Gasteiger partial charge in [0.25, 0.3) is 5.56 Å². The second-order valence-corrected chi connectivity index (χ2v) is 5.51. The van der Waals surface area contributed by atoms with Gasteiger partial charge in [-0.2, -0.15) is 5.26 Å². The number of nitriles is 1. The summed E-state index contributed by atoms with van der Waals surface area (Å²) in [5.41, 5.74) is 0.591. The van der Waals surface area contributed by atoms with Crippen LogP contribution < -0.4 is 15.8 Å². The summed E-state index contributed by atoms with van der Waals surface area (Å²) in [6, 6.07) is 3.87. The molecule has 0 aliphatic carbocycles. The van der Waals surface area contributed by atoms with Crippen molar-refractivity contribution in [2.24, 2.45) is 0 Å². The lowest BCUT2D eigenvalue weighted by Gasteiger charge is -2.36. The Hall–Kier alpha value is -2.33. The molecule has 2 heterocycles. The molecular weight excluding hydrogens is 294 g/mol. The van der Waals surface area contributed by atoms with E-state index in [0.717, 1.165) is 0 Å². The molecule has 7 heteroatoms. The van der Waals surface area contributed by atoms with Crippen LogP contribution in [0, 0.1) is 11.3 Å². The quantitative estimate of drug-likeness (QED) is 0.826. The largest absolute Gasteiger partial charge is 0.367 e. The zero-order valence-electron chi connectivity index (χ0n) is 13.7. The van der Waals surface area contributed by atoms with E-state index in [1.54, 1.807) is 10.8 Å². The lowest BCUT2D eigenvalue weighted by Crippen LogP contribution is -2.49. The molecule has 0 radical (unpaired) electrons. The minimum Gasteiger partial charge on any atom is -0.367 e. The Balaban J connectivity index is 2.18. The number of amides is 1. The Labute approximate surface area is 136 Å². The van der Waals surface area contributed by atoms with Gasteiger partial charge in [0.15, 0.2) is 0 Å². The Kier molecular flexibility index (Phi) is 5.77. The van der Waals surface area contributed by atoms with Gasteiger partial charge in [-0.15, -0.1) is 0 Å². The van der Waals surface area contributed by atoms with Crippen LogP contribution in [0.3, 0.4) is 0 Å². The van der Waals surface area contributed by atoms with Crippen LogP contribution in [0.5, 0.6) is 0 Å². The molecule has 7 nitrogen and oxygen atoms in total. The van der Waals surface area contributed by atoms with E-state index >= 15 is 0 Å². The number of nitrogens with one attached hydrogen (secondary N) is 1. The average Bonchev–Trinajstić information content (AvgIpc) is 2.60. The van der Waals surface area contributed by atoms with Crippen LogP contribution in [-0.4, -0.2) is 55.1 Å². The van der Waals surface area contributed by atoms with Gasteiger partial charge in [0.1, 0.15) is 11.6 Å². The minimum atomic E-state index is -0.257. The maximum atomic E-state index is 12.4. The fraction of sp³-hybridized carbons (Fsp3) is 0.562. The highest BCUT2D eigenvalue weighted by Crippen LogP contribution is 2.19. The van der Waals surface area contributed by atoms with Gasteiger partial charge in [-0.25, -0.2) is 0 Å². The number of hydrogen-bond donors (Lipinski definition) is 1. The minimum absolute atomic E-state index is 0.146. The van der Waals surface area contributed by atoms with Crippen LogP contribution in [-0.2, 0) is 11.3 Å². The van der Waals surface area contributed by atoms with Gasteiger partial charge >= 0.3 is 0 Å². The smallest absolute Gasteiger partial charge is 0.270 e. The molecule has 1 aromatic rings. The fourth-order valence-electron chi connectivity index (χ4n) is 2.76. The van der Waals surface area contributed by atoms with Crippen molar-refractivity contribution in [1.82, 2.24) is 14.8 Å². The van der Waals surface area contributed by atoms with Crippen molar-refractivity contribution in [1.29, 1.82) is 5.26 Å². The first-order valence-electron chi connectivity index (χ1n) is 7.93. The van der Waals surface area contributed by atoms with E-state index in [9.17, 15) is 14.9 Å². The molecule has 1 amide bonds. The van der Waals surface area contributed by atoms with Gasteiger partial charge in [0, 0.05) is 51.9 Å². The number of carbonyl (C=O) groups excluding carboxylic acids is 1. The molecule has 1 aromatic heterocycles. The number of anilines is 1. The number of rotatable bonds is 5. The number of carbonyl (C=O) groups is 1. The lowest BCUT2D eigenvalue weighted by molar-refractivity contribution is -0.131. The van der Waals surface area contributed by atoms with E-state index in [0.29, 0.717) is 51.4 Å². The number of pyridine rings is 1. The van der Waals surface area contributed by atoms with Crippen LogP contribution in [0.1, 0.15) is 18.9 Å². The van der Waals surface area contributed by atoms with E-state index in [2.05, 4.69) is 5.32 Å². The molecule has 1 fully saturated rings. The predicted molar refractivity (Wildman–Crippen MR) is 88.4 cm³/mol. The molecule has 1 aliphatic rings. The van der Waals surface area contributed by atoms with Crippen LogP contribution in [0.25, 0.3) is 0 Å². The third-order valence-corrected chi connectivity index (χ3v) is 4.13. The topological polar surface area (TPSA) is 81.4 Å². The van der Waals surface area contributed by atoms with Crippen molar-refractivity contribution in [3.63, 3.8) is 0 Å². The fourth-order valence-corrected chi connectivity index (χ4v) is 2.76. The van der Waals surface area contributed by atoms with Gasteiger partial charge < -0.3 is 19.7 Å². The molecule has 0 saturated carbocycles. The number of nitrogens with zero attached hydrogens (tertiary/aromatic N) is 4. The highest BCUT2D eigenvalue weighted by Gasteiger charge is 2.23. The van der Waals surface area contributed by atoms with E-state index in [4.69, 9.17) is 0 Å².